The van der Waals surface area contributed by atoms with Crippen LogP contribution in [0.4, 0.5) is 4.39 Å². The van der Waals surface area contributed by atoms with Crippen molar-refractivity contribution in [2.45, 2.75) is 11.8 Å². The van der Waals surface area contributed by atoms with Gasteiger partial charge in [-0.25, -0.2) is 4.39 Å². The van der Waals surface area contributed by atoms with Crippen LogP contribution in [0.15, 0.2) is 24.3 Å². The van der Waals surface area contributed by atoms with Crippen molar-refractivity contribution in [2.75, 3.05) is 7.11 Å². The lowest BCUT2D eigenvalue weighted by molar-refractivity contribution is 0.386. The summed E-state index contributed by atoms with van der Waals surface area (Å²) < 4.78 is 19.1. The van der Waals surface area contributed by atoms with Crippen LogP contribution < -0.4 is 4.74 Å². The number of ether oxygens (including phenoxy) is 1. The van der Waals surface area contributed by atoms with Crippen molar-refractivity contribution >= 4 is 38.9 Å². The maximum atomic E-state index is 13.3. The lowest BCUT2D eigenvalue weighted by Gasteiger charge is -2.10. The highest BCUT2D eigenvalue weighted by Crippen LogP contribution is 2.39. The second-order valence-electron chi connectivity index (χ2n) is 3.86. The lowest BCUT2D eigenvalue weighted by Crippen LogP contribution is -1.94. The predicted octanol–water partition coefficient (Wildman–Crippen LogP) is 5.34. The number of hydrogen-bond donors (Lipinski definition) is 0. The summed E-state index contributed by atoms with van der Waals surface area (Å²) in [6, 6.07) is 6.87. The van der Waals surface area contributed by atoms with Gasteiger partial charge in [0.25, 0.3) is 0 Å². The van der Waals surface area contributed by atoms with Crippen LogP contribution in [0.1, 0.15) is 20.8 Å². The molecule has 96 valence electrons. The third kappa shape index (κ3) is 2.71. The third-order valence-electron chi connectivity index (χ3n) is 2.59. The van der Waals surface area contributed by atoms with Gasteiger partial charge in [0.1, 0.15) is 0 Å². The Hall–Kier alpha value is -0.580. The van der Waals surface area contributed by atoms with E-state index in [1.165, 1.54) is 24.5 Å². The van der Waals surface area contributed by atoms with Crippen molar-refractivity contribution in [2.24, 2.45) is 0 Å². The molecule has 1 nitrogen and oxygen atoms in total. The van der Waals surface area contributed by atoms with Crippen molar-refractivity contribution < 1.29 is 9.13 Å². The van der Waals surface area contributed by atoms with E-state index in [0.29, 0.717) is 0 Å². The topological polar surface area (TPSA) is 9.23 Å². The zero-order valence-corrected chi connectivity index (χ0v) is 13.0. The average molecular weight is 350 g/mol. The Labute approximate surface area is 123 Å². The summed E-state index contributed by atoms with van der Waals surface area (Å²) in [5, 5.41) is 0. The standard InChI is InChI=1S/C13H11BrClFOS/c1-7-5-11(18-13(7)15)12(14)8-3-4-9(16)10(6-8)17-2/h3-6,12H,1-2H3. The maximum Gasteiger partial charge on any atom is 0.165 e. The van der Waals surface area contributed by atoms with E-state index < -0.39 is 0 Å². The number of methoxy groups -OCH3 is 1. The molecule has 2 aromatic rings. The van der Waals surface area contributed by atoms with Crippen LogP contribution in [-0.4, -0.2) is 7.11 Å². The normalized spacial score (nSPS) is 12.5. The molecule has 0 saturated heterocycles. The molecular weight excluding hydrogens is 339 g/mol. The van der Waals surface area contributed by atoms with Crippen LogP contribution in [-0.2, 0) is 0 Å². The maximum absolute atomic E-state index is 13.3. The number of halogens is 3. The Balaban J connectivity index is 2.36. The number of alkyl halides is 1. The van der Waals surface area contributed by atoms with Gasteiger partial charge in [-0.1, -0.05) is 33.6 Å². The molecule has 0 aliphatic heterocycles. The van der Waals surface area contributed by atoms with Crippen molar-refractivity contribution in [1.82, 2.24) is 0 Å². The zero-order chi connectivity index (χ0) is 13.3. The average Bonchev–Trinajstić information content (AvgIpc) is 2.69. The molecule has 2 rings (SSSR count). The van der Waals surface area contributed by atoms with Crippen LogP contribution in [0, 0.1) is 12.7 Å². The minimum atomic E-state index is -0.360. The fourth-order valence-electron chi connectivity index (χ4n) is 1.61. The van der Waals surface area contributed by atoms with Gasteiger partial charge in [-0.2, -0.15) is 0 Å². The molecule has 1 unspecified atom stereocenters. The van der Waals surface area contributed by atoms with Gasteiger partial charge >= 0.3 is 0 Å². The van der Waals surface area contributed by atoms with E-state index in [1.807, 2.05) is 13.0 Å². The summed E-state index contributed by atoms with van der Waals surface area (Å²) in [4.78, 5) is 1.08. The van der Waals surface area contributed by atoms with Crippen molar-refractivity contribution in [1.29, 1.82) is 0 Å². The summed E-state index contributed by atoms with van der Waals surface area (Å²) in [7, 11) is 1.46. The number of benzene rings is 1. The largest absolute Gasteiger partial charge is 0.494 e. The molecule has 0 N–H and O–H groups in total. The molecule has 0 aliphatic rings. The van der Waals surface area contributed by atoms with E-state index in [9.17, 15) is 4.39 Å². The van der Waals surface area contributed by atoms with Crippen LogP contribution in [0.25, 0.3) is 0 Å². The first kappa shape index (κ1) is 13.8. The Kier molecular flexibility index (Phi) is 4.30. The quantitative estimate of drug-likeness (QED) is 0.679. The first-order chi connectivity index (χ1) is 8.52. The van der Waals surface area contributed by atoms with E-state index in [4.69, 9.17) is 16.3 Å². The fourth-order valence-corrected chi connectivity index (χ4v) is 3.53. The molecule has 0 aliphatic carbocycles. The number of aryl methyl sites for hydroxylation is 1. The molecule has 1 aromatic carbocycles. The Bertz CT molecular complexity index is 551. The van der Waals surface area contributed by atoms with Crippen LogP contribution >= 0.6 is 38.9 Å². The van der Waals surface area contributed by atoms with E-state index in [2.05, 4.69) is 15.9 Å². The van der Waals surface area contributed by atoms with E-state index in [0.717, 1.165) is 20.3 Å². The van der Waals surface area contributed by atoms with E-state index in [1.54, 1.807) is 12.1 Å². The molecule has 0 amide bonds. The Morgan fingerprint density at radius 1 is 1.39 bits per heavy atom. The lowest BCUT2D eigenvalue weighted by atomic mass is 10.1. The number of thiophene rings is 1. The van der Waals surface area contributed by atoms with Gasteiger partial charge in [-0.15, -0.1) is 11.3 Å². The van der Waals surface area contributed by atoms with Gasteiger partial charge in [0.2, 0.25) is 0 Å². The van der Waals surface area contributed by atoms with Gasteiger partial charge < -0.3 is 4.74 Å². The Morgan fingerprint density at radius 2 is 2.11 bits per heavy atom. The smallest absolute Gasteiger partial charge is 0.165 e. The molecule has 1 heterocycles. The van der Waals surface area contributed by atoms with Gasteiger partial charge in [0.05, 0.1) is 16.3 Å². The Morgan fingerprint density at radius 3 is 2.67 bits per heavy atom. The summed E-state index contributed by atoms with van der Waals surface area (Å²) in [5.41, 5.74) is 1.99. The van der Waals surface area contributed by atoms with Gasteiger partial charge in [0.15, 0.2) is 11.6 Å². The summed E-state index contributed by atoms with van der Waals surface area (Å²) >= 11 is 11.2. The van der Waals surface area contributed by atoms with Crippen LogP contribution in [0.5, 0.6) is 5.75 Å². The molecule has 0 bridgehead atoms. The molecule has 5 heteroatoms. The molecule has 0 saturated carbocycles. The van der Waals surface area contributed by atoms with Crippen molar-refractivity contribution in [3.8, 4) is 5.75 Å². The summed E-state index contributed by atoms with van der Waals surface area (Å²) in [5.74, 6) is -0.113. The highest BCUT2D eigenvalue weighted by molar-refractivity contribution is 9.09. The molecule has 18 heavy (non-hydrogen) atoms. The van der Waals surface area contributed by atoms with Crippen LogP contribution in [0.3, 0.4) is 0 Å². The molecular formula is C13H11BrClFOS. The number of rotatable bonds is 3. The predicted molar refractivity (Wildman–Crippen MR) is 77.8 cm³/mol. The molecule has 0 radical (unpaired) electrons. The minimum Gasteiger partial charge on any atom is -0.494 e. The molecule has 1 aromatic heterocycles. The second kappa shape index (κ2) is 5.59. The number of hydrogen-bond acceptors (Lipinski definition) is 2. The van der Waals surface area contributed by atoms with E-state index >= 15 is 0 Å². The molecule has 0 fully saturated rings. The highest BCUT2D eigenvalue weighted by atomic mass is 79.9. The second-order valence-corrected chi connectivity index (χ2v) is 6.46. The van der Waals surface area contributed by atoms with Gasteiger partial charge in [-0.05, 0) is 36.2 Å². The molecule has 1 atom stereocenters. The van der Waals surface area contributed by atoms with Crippen molar-refractivity contribution in [3.05, 3.63) is 50.4 Å². The minimum absolute atomic E-state index is 0.0109. The third-order valence-corrected chi connectivity index (χ3v) is 5.54. The summed E-state index contributed by atoms with van der Waals surface area (Å²) in [6.07, 6.45) is 0. The highest BCUT2D eigenvalue weighted by Gasteiger charge is 2.16. The first-order valence-corrected chi connectivity index (χ1v) is 7.37. The zero-order valence-electron chi connectivity index (χ0n) is 9.84. The first-order valence-electron chi connectivity index (χ1n) is 5.26. The molecule has 0 spiro atoms. The van der Waals surface area contributed by atoms with Crippen LogP contribution in [0.2, 0.25) is 4.34 Å². The SMILES string of the molecule is COc1cc(C(Br)c2cc(C)c(Cl)s2)ccc1F. The summed E-state index contributed by atoms with van der Waals surface area (Å²) in [6.45, 7) is 1.97. The van der Waals surface area contributed by atoms with Gasteiger partial charge in [0, 0.05) is 4.88 Å². The van der Waals surface area contributed by atoms with E-state index in [-0.39, 0.29) is 16.4 Å². The van der Waals surface area contributed by atoms with Crippen molar-refractivity contribution in [3.63, 3.8) is 0 Å². The fraction of sp³-hybridized carbons (Fsp3) is 0.231. The monoisotopic (exact) mass is 348 g/mol. The van der Waals surface area contributed by atoms with Gasteiger partial charge in [-0.3, -0.25) is 0 Å².